The predicted octanol–water partition coefficient (Wildman–Crippen LogP) is 4.01. The molecule has 2 aromatic rings. The van der Waals surface area contributed by atoms with Gasteiger partial charge in [0.05, 0.1) is 24.8 Å². The largest absolute Gasteiger partial charge is 0.496 e. The summed E-state index contributed by atoms with van der Waals surface area (Å²) in [7, 11) is 2.91. The van der Waals surface area contributed by atoms with Gasteiger partial charge < -0.3 is 14.8 Å². The Morgan fingerprint density at radius 3 is 2.52 bits per heavy atom. The number of nitrogens with one attached hydrogen (secondary N) is 1. The molecule has 0 atom stereocenters. The van der Waals surface area contributed by atoms with Gasteiger partial charge in [-0.25, -0.2) is 4.79 Å². The fourth-order valence-electron chi connectivity index (χ4n) is 2.45. The van der Waals surface area contributed by atoms with E-state index in [1.165, 1.54) is 13.2 Å². The van der Waals surface area contributed by atoms with Crippen LogP contribution in [0.25, 0.3) is 0 Å². The van der Waals surface area contributed by atoms with E-state index >= 15 is 0 Å². The van der Waals surface area contributed by atoms with Crippen molar-refractivity contribution in [1.29, 1.82) is 0 Å². The van der Waals surface area contributed by atoms with Crippen molar-refractivity contribution in [3.05, 3.63) is 58.1 Å². The average molecular weight is 362 g/mol. The average Bonchev–Trinajstić information content (AvgIpc) is 2.61. The third-order valence-corrected chi connectivity index (χ3v) is 4.09. The van der Waals surface area contributed by atoms with E-state index in [0.717, 1.165) is 16.9 Å². The van der Waals surface area contributed by atoms with Crippen molar-refractivity contribution in [1.82, 2.24) is 0 Å². The quantitative estimate of drug-likeness (QED) is 0.789. The molecule has 0 radical (unpaired) electrons. The van der Waals surface area contributed by atoms with E-state index < -0.39 is 5.97 Å². The number of benzene rings is 2. The van der Waals surface area contributed by atoms with E-state index in [0.29, 0.717) is 18.5 Å². The van der Waals surface area contributed by atoms with Gasteiger partial charge in [0.1, 0.15) is 5.75 Å². The van der Waals surface area contributed by atoms with E-state index in [4.69, 9.17) is 16.3 Å². The van der Waals surface area contributed by atoms with Gasteiger partial charge >= 0.3 is 5.97 Å². The molecule has 5 nitrogen and oxygen atoms in total. The molecule has 0 bridgehead atoms. The van der Waals surface area contributed by atoms with Crippen LogP contribution >= 0.6 is 11.6 Å². The van der Waals surface area contributed by atoms with Crippen LogP contribution in [0.2, 0.25) is 5.02 Å². The molecule has 0 saturated carbocycles. The smallest absolute Gasteiger partial charge is 0.339 e. The summed E-state index contributed by atoms with van der Waals surface area (Å²) < 4.78 is 9.89. The molecule has 0 aliphatic heterocycles. The Hall–Kier alpha value is -2.53. The Labute approximate surface area is 151 Å². The Morgan fingerprint density at radius 2 is 1.88 bits per heavy atom. The summed E-state index contributed by atoms with van der Waals surface area (Å²) in [5.74, 6) is 0.131. The molecule has 0 fully saturated rings. The molecule has 0 unspecified atom stereocenters. The third kappa shape index (κ3) is 4.97. The third-order valence-electron chi connectivity index (χ3n) is 3.76. The molecule has 6 heteroatoms. The van der Waals surface area contributed by atoms with Gasteiger partial charge in [0.2, 0.25) is 5.91 Å². The maximum absolute atomic E-state index is 12.1. The second-order valence-corrected chi connectivity index (χ2v) is 5.95. The summed E-state index contributed by atoms with van der Waals surface area (Å²) >= 11 is 5.96. The molecule has 0 spiro atoms. The minimum absolute atomic E-state index is 0.147. The number of halogens is 1. The molecule has 0 aliphatic rings. The summed E-state index contributed by atoms with van der Waals surface area (Å²) in [6.07, 6.45) is 0.927. The van der Waals surface area contributed by atoms with Crippen molar-refractivity contribution >= 4 is 29.2 Å². The summed E-state index contributed by atoms with van der Waals surface area (Å²) in [6, 6.07) is 10.5. The highest BCUT2D eigenvalue weighted by Crippen LogP contribution is 2.22. The lowest BCUT2D eigenvalue weighted by Crippen LogP contribution is -2.13. The number of aryl methyl sites for hydroxylation is 2. The lowest BCUT2D eigenvalue weighted by atomic mass is 10.1. The molecular weight excluding hydrogens is 342 g/mol. The Balaban J connectivity index is 1.98. The molecule has 2 rings (SSSR count). The first-order chi connectivity index (χ1) is 11.9. The molecule has 0 aromatic heterocycles. The molecular formula is C19H20ClNO4. The Kier molecular flexibility index (Phi) is 6.42. The van der Waals surface area contributed by atoms with Crippen LogP contribution in [0.15, 0.2) is 36.4 Å². The fourth-order valence-corrected chi connectivity index (χ4v) is 2.64. The molecule has 1 amide bonds. The highest BCUT2D eigenvalue weighted by Gasteiger charge is 2.12. The van der Waals surface area contributed by atoms with E-state index in [2.05, 4.69) is 10.1 Å². The zero-order valence-corrected chi connectivity index (χ0v) is 15.1. The number of rotatable bonds is 6. The monoisotopic (exact) mass is 361 g/mol. The van der Waals surface area contributed by atoms with Gasteiger partial charge in [-0.05, 0) is 48.7 Å². The van der Waals surface area contributed by atoms with Crippen LogP contribution in [0.1, 0.15) is 27.9 Å². The number of methoxy groups -OCH3 is 2. The number of ether oxygens (including phenoxy) is 2. The first-order valence-electron chi connectivity index (χ1n) is 7.76. The highest BCUT2D eigenvalue weighted by atomic mass is 35.5. The summed E-state index contributed by atoms with van der Waals surface area (Å²) in [5, 5.41) is 3.04. The van der Waals surface area contributed by atoms with Crippen LogP contribution in [0.3, 0.4) is 0 Å². The van der Waals surface area contributed by atoms with Gasteiger partial charge in [-0.15, -0.1) is 0 Å². The van der Waals surface area contributed by atoms with Crippen LogP contribution < -0.4 is 10.1 Å². The van der Waals surface area contributed by atoms with Gasteiger partial charge in [0, 0.05) is 12.1 Å². The molecule has 2 aromatic carbocycles. The lowest BCUT2D eigenvalue weighted by Gasteiger charge is -2.09. The number of anilines is 1. The van der Waals surface area contributed by atoms with Gasteiger partial charge in [-0.3, -0.25) is 4.79 Å². The Bertz CT molecular complexity index is 789. The lowest BCUT2D eigenvalue weighted by molar-refractivity contribution is -0.116. The van der Waals surface area contributed by atoms with Crippen molar-refractivity contribution in [2.75, 3.05) is 19.5 Å². The van der Waals surface area contributed by atoms with E-state index in [-0.39, 0.29) is 16.5 Å². The van der Waals surface area contributed by atoms with Crippen molar-refractivity contribution in [2.45, 2.75) is 19.8 Å². The number of esters is 1. The maximum atomic E-state index is 12.1. The molecule has 132 valence electrons. The molecule has 25 heavy (non-hydrogen) atoms. The first kappa shape index (κ1) is 18.8. The molecule has 0 aliphatic carbocycles. The SMILES string of the molecule is COC(=O)c1cc(NC(=O)CCc2ccc(OC)c(C)c2)ccc1Cl. The molecule has 0 saturated heterocycles. The normalized spacial score (nSPS) is 10.2. The fraction of sp³-hybridized carbons (Fsp3) is 0.263. The zero-order chi connectivity index (χ0) is 18.4. The second kappa shape index (κ2) is 8.53. The predicted molar refractivity (Wildman–Crippen MR) is 97.5 cm³/mol. The zero-order valence-electron chi connectivity index (χ0n) is 14.4. The van der Waals surface area contributed by atoms with E-state index in [9.17, 15) is 9.59 Å². The second-order valence-electron chi connectivity index (χ2n) is 5.54. The van der Waals surface area contributed by atoms with Gasteiger partial charge in [0.25, 0.3) is 0 Å². The Morgan fingerprint density at radius 1 is 1.12 bits per heavy atom. The number of hydrogen-bond acceptors (Lipinski definition) is 4. The van der Waals surface area contributed by atoms with Crippen LogP contribution in [0.4, 0.5) is 5.69 Å². The standard InChI is InChI=1S/C19H20ClNO4/c1-12-10-13(4-8-17(12)24-2)5-9-18(22)21-14-6-7-16(20)15(11-14)19(23)25-3/h4,6-8,10-11H,5,9H2,1-3H3,(H,21,22). The minimum Gasteiger partial charge on any atom is -0.496 e. The number of carbonyl (C=O) groups excluding carboxylic acids is 2. The van der Waals surface area contributed by atoms with Crippen molar-refractivity contribution in [3.63, 3.8) is 0 Å². The van der Waals surface area contributed by atoms with Crippen LogP contribution in [0, 0.1) is 6.92 Å². The van der Waals surface area contributed by atoms with Gasteiger partial charge in [0.15, 0.2) is 0 Å². The van der Waals surface area contributed by atoms with E-state index in [1.807, 2.05) is 25.1 Å². The van der Waals surface area contributed by atoms with Gasteiger partial charge in [-0.1, -0.05) is 23.7 Å². The number of carbonyl (C=O) groups is 2. The topological polar surface area (TPSA) is 64.6 Å². The van der Waals surface area contributed by atoms with Crippen LogP contribution in [0.5, 0.6) is 5.75 Å². The van der Waals surface area contributed by atoms with Crippen molar-refractivity contribution in [2.24, 2.45) is 0 Å². The van der Waals surface area contributed by atoms with Crippen LogP contribution in [-0.4, -0.2) is 26.1 Å². The van der Waals surface area contributed by atoms with Crippen molar-refractivity contribution < 1.29 is 19.1 Å². The maximum Gasteiger partial charge on any atom is 0.339 e. The van der Waals surface area contributed by atoms with Crippen LogP contribution in [-0.2, 0) is 16.0 Å². The molecule has 1 N–H and O–H groups in total. The number of hydrogen-bond donors (Lipinski definition) is 1. The van der Waals surface area contributed by atoms with Crippen molar-refractivity contribution in [3.8, 4) is 5.75 Å². The van der Waals surface area contributed by atoms with Gasteiger partial charge in [-0.2, -0.15) is 0 Å². The summed E-state index contributed by atoms with van der Waals surface area (Å²) in [4.78, 5) is 23.8. The summed E-state index contributed by atoms with van der Waals surface area (Å²) in [5.41, 5.74) is 2.80. The highest BCUT2D eigenvalue weighted by molar-refractivity contribution is 6.33. The molecule has 0 heterocycles. The van der Waals surface area contributed by atoms with E-state index in [1.54, 1.807) is 19.2 Å². The number of amides is 1. The minimum atomic E-state index is -0.546. The summed E-state index contributed by atoms with van der Waals surface area (Å²) in [6.45, 7) is 1.96. The first-order valence-corrected chi connectivity index (χ1v) is 8.13.